The van der Waals surface area contributed by atoms with Crippen molar-refractivity contribution < 1.29 is 32.6 Å². The number of fused-ring (bicyclic) bond motifs is 1. The van der Waals surface area contributed by atoms with E-state index in [0.717, 1.165) is 6.07 Å². The fourth-order valence-electron chi connectivity index (χ4n) is 3.99. The second kappa shape index (κ2) is 10.1. The number of nitrogens with zero attached hydrogens (tertiary/aromatic N) is 3. The number of Topliss-reactive ketones (excluding diaryl/α,β-unsaturated/α-hetero) is 1. The number of carbonyl (C=O) groups is 3. The molecule has 5 rings (SSSR count). The summed E-state index contributed by atoms with van der Waals surface area (Å²) in [5.74, 6) is -2.15. The van der Waals surface area contributed by atoms with Gasteiger partial charge in [0, 0.05) is 23.0 Å². The minimum atomic E-state index is -1.29. The van der Waals surface area contributed by atoms with Crippen LogP contribution in [0.5, 0.6) is 17.4 Å². The average molecular weight is 536 g/mol. The van der Waals surface area contributed by atoms with E-state index in [1.807, 2.05) is 0 Å². The van der Waals surface area contributed by atoms with Crippen molar-refractivity contribution in [1.82, 2.24) is 14.6 Å². The highest BCUT2D eigenvalue weighted by molar-refractivity contribution is 6.16. The van der Waals surface area contributed by atoms with Gasteiger partial charge in [-0.25, -0.2) is 13.3 Å². The largest absolute Gasteiger partial charge is 0.484 e. The molecule has 1 saturated carbocycles. The monoisotopic (exact) mass is 535 g/mol. The summed E-state index contributed by atoms with van der Waals surface area (Å²) in [6, 6.07) is 9.04. The number of nitrogens with one attached hydrogen (secondary N) is 2. The van der Waals surface area contributed by atoms with E-state index in [4.69, 9.17) is 9.47 Å². The van der Waals surface area contributed by atoms with E-state index in [9.17, 15) is 23.2 Å². The minimum absolute atomic E-state index is 0.0604. The van der Waals surface area contributed by atoms with Crippen LogP contribution in [0.3, 0.4) is 0 Å². The van der Waals surface area contributed by atoms with Crippen LogP contribution < -0.4 is 20.1 Å². The smallest absolute Gasteiger partial charge is 0.247 e. The van der Waals surface area contributed by atoms with Crippen LogP contribution in [0, 0.1) is 24.0 Å². The number of anilines is 2. The van der Waals surface area contributed by atoms with Gasteiger partial charge in [0.25, 0.3) is 0 Å². The Balaban J connectivity index is 1.29. The van der Waals surface area contributed by atoms with Gasteiger partial charge < -0.3 is 20.1 Å². The maximum atomic E-state index is 15.0. The van der Waals surface area contributed by atoms with E-state index >= 15 is 0 Å². The lowest BCUT2D eigenvalue weighted by molar-refractivity contribution is -0.131. The summed E-state index contributed by atoms with van der Waals surface area (Å²) in [5, 5.41) is 9.31. The zero-order chi connectivity index (χ0) is 27.7. The Morgan fingerprint density at radius 3 is 2.31 bits per heavy atom. The van der Waals surface area contributed by atoms with Crippen LogP contribution in [0.4, 0.5) is 20.2 Å². The Labute approximate surface area is 220 Å². The van der Waals surface area contributed by atoms with Crippen LogP contribution >= 0.6 is 0 Å². The number of ketones is 1. The second-order valence-corrected chi connectivity index (χ2v) is 9.21. The Hall–Kier alpha value is -4.87. The molecule has 200 valence electrons. The third-order valence-corrected chi connectivity index (χ3v) is 6.30. The van der Waals surface area contributed by atoms with Crippen molar-refractivity contribution in [2.45, 2.75) is 26.7 Å². The van der Waals surface area contributed by atoms with Gasteiger partial charge in [-0.1, -0.05) is 0 Å². The first-order valence-corrected chi connectivity index (χ1v) is 12.0. The number of aryl methyl sites for hydroxylation is 1. The van der Waals surface area contributed by atoms with Crippen LogP contribution in [0.25, 0.3) is 5.52 Å². The molecule has 0 bridgehead atoms. The van der Waals surface area contributed by atoms with Gasteiger partial charge in [0.15, 0.2) is 17.3 Å². The lowest BCUT2D eigenvalue weighted by Gasteiger charge is -2.16. The highest BCUT2D eigenvalue weighted by atomic mass is 19.1. The molecule has 2 heterocycles. The Morgan fingerprint density at radius 1 is 1.00 bits per heavy atom. The predicted octanol–water partition coefficient (Wildman–Crippen LogP) is 4.43. The number of halogens is 2. The molecule has 10 nitrogen and oxygen atoms in total. The van der Waals surface area contributed by atoms with E-state index < -0.39 is 28.9 Å². The number of carbonyl (C=O) groups excluding carboxylic acids is 3. The molecule has 0 saturated heterocycles. The highest BCUT2D eigenvalue weighted by Crippen LogP contribution is 2.47. The molecule has 12 heteroatoms. The van der Waals surface area contributed by atoms with Gasteiger partial charge in [0.2, 0.25) is 17.7 Å². The summed E-state index contributed by atoms with van der Waals surface area (Å²) in [6.45, 7) is 3.02. The number of aromatic nitrogens is 3. The molecule has 2 aromatic heterocycles. The Morgan fingerprint density at radius 2 is 1.67 bits per heavy atom. The summed E-state index contributed by atoms with van der Waals surface area (Å²) in [5.41, 5.74) is 0.238. The molecule has 0 radical (unpaired) electrons. The van der Waals surface area contributed by atoms with E-state index in [0.29, 0.717) is 35.4 Å². The molecular formula is C27H23F2N5O5. The molecule has 1 fully saturated rings. The van der Waals surface area contributed by atoms with Crippen molar-refractivity contribution >= 4 is 34.5 Å². The van der Waals surface area contributed by atoms with Gasteiger partial charge in [0.1, 0.15) is 35.4 Å². The maximum absolute atomic E-state index is 15.0. The number of hydrogen-bond acceptors (Lipinski definition) is 7. The van der Waals surface area contributed by atoms with Gasteiger partial charge in [-0.15, -0.1) is 0 Å². The lowest BCUT2D eigenvalue weighted by atomic mass is 10.0. The van der Waals surface area contributed by atoms with E-state index in [1.165, 1.54) is 54.2 Å². The molecule has 2 N–H and O–H groups in total. The lowest BCUT2D eigenvalue weighted by Crippen LogP contribution is -2.35. The summed E-state index contributed by atoms with van der Waals surface area (Å²) in [6.07, 6.45) is 3.45. The van der Waals surface area contributed by atoms with Gasteiger partial charge in [-0.2, -0.15) is 10.1 Å². The molecule has 0 unspecified atom stereocenters. The molecule has 0 atom stereocenters. The number of rotatable bonds is 9. The van der Waals surface area contributed by atoms with E-state index in [1.54, 1.807) is 13.1 Å². The summed E-state index contributed by atoms with van der Waals surface area (Å²) in [4.78, 5) is 41.0. The first-order chi connectivity index (χ1) is 18.7. The van der Waals surface area contributed by atoms with Crippen molar-refractivity contribution in [3.8, 4) is 17.4 Å². The molecule has 1 aliphatic carbocycles. The molecule has 2 aromatic carbocycles. The molecule has 0 spiro atoms. The van der Waals surface area contributed by atoms with Gasteiger partial charge in [-0.05, 0) is 63.1 Å². The number of ether oxygens (including phenoxy) is 2. The highest BCUT2D eigenvalue weighted by Gasteiger charge is 2.56. The first-order valence-electron chi connectivity index (χ1n) is 12.0. The fourth-order valence-corrected chi connectivity index (χ4v) is 3.99. The predicted molar refractivity (Wildman–Crippen MR) is 136 cm³/mol. The zero-order valence-electron chi connectivity index (χ0n) is 21.0. The molecule has 39 heavy (non-hydrogen) atoms. The van der Waals surface area contributed by atoms with Crippen molar-refractivity contribution in [2.75, 3.05) is 17.2 Å². The normalized spacial score (nSPS) is 13.5. The third kappa shape index (κ3) is 5.26. The quantitative estimate of drug-likeness (QED) is 0.304. The topological polar surface area (TPSA) is 124 Å². The number of amides is 2. The third-order valence-electron chi connectivity index (χ3n) is 6.30. The van der Waals surface area contributed by atoms with Crippen molar-refractivity contribution in [1.29, 1.82) is 0 Å². The summed E-state index contributed by atoms with van der Waals surface area (Å²) < 4.78 is 40.8. The van der Waals surface area contributed by atoms with E-state index in [2.05, 4.69) is 20.7 Å². The molecule has 2 amide bonds. The summed E-state index contributed by atoms with van der Waals surface area (Å²) in [7, 11) is 0. The van der Waals surface area contributed by atoms with Crippen molar-refractivity contribution in [3.63, 3.8) is 0 Å². The van der Waals surface area contributed by atoms with Crippen LogP contribution in [0.15, 0.2) is 55.0 Å². The molecule has 0 aliphatic heterocycles. The van der Waals surface area contributed by atoms with Crippen molar-refractivity contribution in [2.24, 2.45) is 5.41 Å². The number of benzene rings is 2. The first kappa shape index (κ1) is 25.8. The molecule has 1 aliphatic rings. The second-order valence-electron chi connectivity index (χ2n) is 9.21. The van der Waals surface area contributed by atoms with Crippen LogP contribution in [0.2, 0.25) is 0 Å². The maximum Gasteiger partial charge on any atom is 0.247 e. The Kier molecular flexibility index (Phi) is 6.69. The fraction of sp³-hybridized carbons (Fsp3) is 0.222. The van der Waals surface area contributed by atoms with Gasteiger partial charge in [0.05, 0.1) is 6.20 Å². The van der Waals surface area contributed by atoms with Crippen molar-refractivity contribution in [3.05, 3.63) is 72.2 Å². The van der Waals surface area contributed by atoms with Gasteiger partial charge in [-0.3, -0.25) is 14.4 Å². The number of hydrogen-bond donors (Lipinski definition) is 2. The summed E-state index contributed by atoms with van der Waals surface area (Å²) >= 11 is 0. The van der Waals surface area contributed by atoms with E-state index in [-0.39, 0.29) is 29.7 Å². The van der Waals surface area contributed by atoms with Crippen LogP contribution in [-0.2, 0) is 14.4 Å². The zero-order valence-corrected chi connectivity index (χ0v) is 21.0. The van der Waals surface area contributed by atoms with Crippen LogP contribution in [-0.4, -0.2) is 38.8 Å². The molecule has 4 aromatic rings. The SMILES string of the molecule is CC(=O)COc1cn2ncnc(Oc3ccc(NC(=O)C4(C(=O)Nc5ccc(F)cc5)CC4)cc3F)c2c1C. The Bertz CT molecular complexity index is 1600. The minimum Gasteiger partial charge on any atom is -0.484 e. The van der Waals surface area contributed by atoms with Gasteiger partial charge >= 0.3 is 0 Å². The molecular weight excluding hydrogens is 512 g/mol. The van der Waals surface area contributed by atoms with Crippen LogP contribution in [0.1, 0.15) is 25.3 Å². The average Bonchev–Trinajstić information content (AvgIpc) is 3.65. The standard InChI is InChI=1S/C27H23F2N5O5/c1-15(35)13-38-22-12-34-23(16(22)2)24(30-14-31-34)39-21-8-7-19(11-20(21)29)33-26(37)27(9-10-27)25(36)32-18-5-3-17(28)4-6-18/h3-8,11-12,14H,9-10,13H2,1-2H3,(H,32,36)(H,33,37).